The van der Waals surface area contributed by atoms with Gasteiger partial charge >= 0.3 is 0 Å². The second kappa shape index (κ2) is 7.51. The van der Waals surface area contributed by atoms with E-state index in [0.29, 0.717) is 6.10 Å². The lowest BCUT2D eigenvalue weighted by atomic mass is 10.2. The lowest BCUT2D eigenvalue weighted by Crippen LogP contribution is -2.35. The van der Waals surface area contributed by atoms with Crippen LogP contribution in [0.4, 0.5) is 0 Å². The number of hydrogen-bond acceptors (Lipinski definition) is 3. The molecule has 19 heavy (non-hydrogen) atoms. The first kappa shape index (κ1) is 14.4. The smallest absolute Gasteiger partial charge is 0.120 e. The molecule has 1 aromatic rings. The summed E-state index contributed by atoms with van der Waals surface area (Å²) in [5.74, 6) is 0.992. The van der Waals surface area contributed by atoms with Gasteiger partial charge in [0.05, 0.1) is 19.3 Å². The van der Waals surface area contributed by atoms with E-state index < -0.39 is 0 Å². The second-order valence-corrected chi connectivity index (χ2v) is 5.25. The topological polar surface area (TPSA) is 21.7 Å². The van der Waals surface area contributed by atoms with Crippen molar-refractivity contribution < 1.29 is 9.47 Å². The van der Waals surface area contributed by atoms with Gasteiger partial charge in [-0.1, -0.05) is 25.5 Å². The van der Waals surface area contributed by atoms with Gasteiger partial charge in [-0.05, 0) is 31.0 Å². The van der Waals surface area contributed by atoms with Gasteiger partial charge in [0.15, 0.2) is 0 Å². The second-order valence-electron chi connectivity index (χ2n) is 5.25. The first-order valence-electron chi connectivity index (χ1n) is 7.33. The summed E-state index contributed by atoms with van der Waals surface area (Å²) in [5.41, 5.74) is 1.32. The van der Waals surface area contributed by atoms with E-state index in [-0.39, 0.29) is 0 Å². The number of hydrogen-bond donors (Lipinski definition) is 0. The quantitative estimate of drug-likeness (QED) is 0.787. The number of morpholine rings is 1. The van der Waals surface area contributed by atoms with Crippen LogP contribution in [0.1, 0.15) is 32.3 Å². The van der Waals surface area contributed by atoms with Crippen molar-refractivity contribution in [3.63, 3.8) is 0 Å². The van der Waals surface area contributed by atoms with E-state index >= 15 is 0 Å². The molecule has 1 unspecified atom stereocenters. The van der Waals surface area contributed by atoms with Crippen LogP contribution in [-0.4, -0.2) is 37.3 Å². The molecule has 1 aliphatic heterocycles. The number of rotatable bonds is 6. The minimum absolute atomic E-state index is 0.295. The molecule has 1 aliphatic rings. The largest absolute Gasteiger partial charge is 0.491 e. The zero-order valence-electron chi connectivity index (χ0n) is 12.1. The summed E-state index contributed by atoms with van der Waals surface area (Å²) in [4.78, 5) is 2.43. The average Bonchev–Trinajstić information content (AvgIpc) is 2.40. The van der Waals surface area contributed by atoms with Crippen LogP contribution >= 0.6 is 0 Å². The molecular formula is C16H25NO2. The van der Waals surface area contributed by atoms with Gasteiger partial charge < -0.3 is 9.47 Å². The van der Waals surface area contributed by atoms with Crippen molar-refractivity contribution in [2.75, 3.05) is 26.3 Å². The van der Waals surface area contributed by atoms with E-state index in [1.807, 2.05) is 0 Å². The number of benzene rings is 1. The van der Waals surface area contributed by atoms with Gasteiger partial charge in [-0.15, -0.1) is 0 Å². The van der Waals surface area contributed by atoms with Gasteiger partial charge in [0.2, 0.25) is 0 Å². The van der Waals surface area contributed by atoms with Crippen LogP contribution in [-0.2, 0) is 11.3 Å². The van der Waals surface area contributed by atoms with E-state index in [9.17, 15) is 0 Å². The predicted molar refractivity (Wildman–Crippen MR) is 77.5 cm³/mol. The minimum atomic E-state index is 0.295. The third kappa shape index (κ3) is 4.84. The molecule has 0 aliphatic carbocycles. The first-order chi connectivity index (χ1) is 9.28. The van der Waals surface area contributed by atoms with E-state index in [0.717, 1.165) is 51.4 Å². The Bertz CT molecular complexity index is 375. The van der Waals surface area contributed by atoms with Crippen LogP contribution < -0.4 is 4.74 Å². The van der Waals surface area contributed by atoms with Gasteiger partial charge in [-0.3, -0.25) is 4.90 Å². The fraction of sp³-hybridized carbons (Fsp3) is 0.625. The van der Waals surface area contributed by atoms with Crippen LogP contribution in [0.25, 0.3) is 0 Å². The summed E-state index contributed by atoms with van der Waals surface area (Å²) < 4.78 is 11.3. The maximum atomic E-state index is 5.94. The molecule has 1 fully saturated rings. The lowest BCUT2D eigenvalue weighted by Gasteiger charge is -2.26. The van der Waals surface area contributed by atoms with Crippen molar-refractivity contribution in [1.82, 2.24) is 4.90 Å². The average molecular weight is 263 g/mol. The summed E-state index contributed by atoms with van der Waals surface area (Å²) in [6.45, 7) is 9.07. The maximum Gasteiger partial charge on any atom is 0.120 e. The summed E-state index contributed by atoms with van der Waals surface area (Å²) in [5, 5.41) is 0. The molecule has 0 aromatic heterocycles. The molecule has 106 valence electrons. The van der Waals surface area contributed by atoms with Crippen LogP contribution in [0.3, 0.4) is 0 Å². The Kier molecular flexibility index (Phi) is 5.67. The molecule has 0 N–H and O–H groups in total. The third-order valence-corrected chi connectivity index (χ3v) is 3.44. The predicted octanol–water partition coefficient (Wildman–Crippen LogP) is 3.09. The Hall–Kier alpha value is -1.06. The molecule has 1 aromatic carbocycles. The molecule has 0 saturated carbocycles. The molecule has 0 radical (unpaired) electrons. The molecule has 1 atom stereocenters. The molecule has 3 nitrogen and oxygen atoms in total. The SMILES string of the molecule is CCCC(C)Oc1cccc(CN2CCOCC2)c1. The summed E-state index contributed by atoms with van der Waals surface area (Å²) in [7, 11) is 0. The van der Waals surface area contributed by atoms with Crippen molar-refractivity contribution in [3.8, 4) is 5.75 Å². The zero-order chi connectivity index (χ0) is 13.5. The highest BCUT2D eigenvalue weighted by Gasteiger charge is 2.11. The van der Waals surface area contributed by atoms with Crippen molar-refractivity contribution >= 4 is 0 Å². The van der Waals surface area contributed by atoms with Gasteiger partial charge in [-0.25, -0.2) is 0 Å². The van der Waals surface area contributed by atoms with Crippen LogP contribution in [0, 0.1) is 0 Å². The van der Waals surface area contributed by atoms with Crippen molar-refractivity contribution in [1.29, 1.82) is 0 Å². The normalized spacial score (nSPS) is 18.2. The maximum absolute atomic E-state index is 5.94. The highest BCUT2D eigenvalue weighted by atomic mass is 16.5. The summed E-state index contributed by atoms with van der Waals surface area (Å²) in [6, 6.07) is 8.48. The van der Waals surface area contributed by atoms with Crippen molar-refractivity contribution in [2.24, 2.45) is 0 Å². The van der Waals surface area contributed by atoms with Gasteiger partial charge in [-0.2, -0.15) is 0 Å². The molecule has 2 rings (SSSR count). The van der Waals surface area contributed by atoms with Crippen molar-refractivity contribution in [3.05, 3.63) is 29.8 Å². The highest BCUT2D eigenvalue weighted by molar-refractivity contribution is 5.28. The Morgan fingerprint density at radius 1 is 1.32 bits per heavy atom. The van der Waals surface area contributed by atoms with Crippen LogP contribution in [0.2, 0.25) is 0 Å². The Morgan fingerprint density at radius 2 is 2.11 bits per heavy atom. The van der Waals surface area contributed by atoms with E-state index in [2.05, 4.69) is 43.0 Å². The standard InChI is InChI=1S/C16H25NO2/c1-3-5-14(2)19-16-7-4-6-15(12-16)13-17-8-10-18-11-9-17/h4,6-7,12,14H,3,5,8-11,13H2,1-2H3. The summed E-state index contributed by atoms with van der Waals surface area (Å²) >= 11 is 0. The molecule has 3 heteroatoms. The fourth-order valence-corrected chi connectivity index (χ4v) is 2.43. The van der Waals surface area contributed by atoms with E-state index in [1.54, 1.807) is 0 Å². The summed E-state index contributed by atoms with van der Waals surface area (Å²) in [6.07, 6.45) is 2.56. The van der Waals surface area contributed by atoms with E-state index in [4.69, 9.17) is 9.47 Å². The fourth-order valence-electron chi connectivity index (χ4n) is 2.43. The molecule has 0 amide bonds. The molecule has 0 spiro atoms. The first-order valence-corrected chi connectivity index (χ1v) is 7.33. The number of nitrogens with zero attached hydrogens (tertiary/aromatic N) is 1. The molecule has 1 saturated heterocycles. The van der Waals surface area contributed by atoms with Crippen LogP contribution in [0.15, 0.2) is 24.3 Å². The van der Waals surface area contributed by atoms with Gasteiger partial charge in [0.1, 0.15) is 5.75 Å². The van der Waals surface area contributed by atoms with Gasteiger partial charge in [0, 0.05) is 19.6 Å². The molecule has 1 heterocycles. The van der Waals surface area contributed by atoms with E-state index in [1.165, 1.54) is 5.56 Å². The highest BCUT2D eigenvalue weighted by Crippen LogP contribution is 2.18. The zero-order valence-corrected chi connectivity index (χ0v) is 12.1. The Labute approximate surface area is 116 Å². The Balaban J connectivity index is 1.90. The minimum Gasteiger partial charge on any atom is -0.491 e. The molecule has 0 bridgehead atoms. The third-order valence-electron chi connectivity index (χ3n) is 3.44. The van der Waals surface area contributed by atoms with Crippen molar-refractivity contribution in [2.45, 2.75) is 39.3 Å². The monoisotopic (exact) mass is 263 g/mol. The van der Waals surface area contributed by atoms with Gasteiger partial charge in [0.25, 0.3) is 0 Å². The number of ether oxygens (including phenoxy) is 2. The van der Waals surface area contributed by atoms with Crippen LogP contribution in [0.5, 0.6) is 5.75 Å². The lowest BCUT2D eigenvalue weighted by molar-refractivity contribution is 0.0341. The Morgan fingerprint density at radius 3 is 2.84 bits per heavy atom. The molecular weight excluding hydrogens is 238 g/mol.